The molecule has 0 aliphatic carbocycles. The number of rotatable bonds is 3. The van der Waals surface area contributed by atoms with Gasteiger partial charge in [-0.05, 0) is 81.2 Å². The summed E-state index contributed by atoms with van der Waals surface area (Å²) in [5.74, 6) is 0. The van der Waals surface area contributed by atoms with E-state index in [1.54, 1.807) is 48.5 Å². The number of benzene rings is 6. The van der Waals surface area contributed by atoms with Gasteiger partial charge in [-0.15, -0.1) is 0 Å². The Balaban J connectivity index is 1.76. The van der Waals surface area contributed by atoms with Crippen LogP contribution in [0, 0.1) is 0 Å². The van der Waals surface area contributed by atoms with Gasteiger partial charge in [0.25, 0.3) is 0 Å². The summed E-state index contributed by atoms with van der Waals surface area (Å²) in [6.45, 7) is 0. The Morgan fingerprint density at radius 1 is 0.444 bits per heavy atom. The normalized spacial score (nSPS) is 13.2. The van der Waals surface area contributed by atoms with Gasteiger partial charge in [-0.2, -0.15) is 52.7 Å². The predicted octanol–water partition coefficient (Wildman–Crippen LogP) is 14.2. The second kappa shape index (κ2) is 12.7. The molecular weight excluding hydrogens is 761 g/mol. The van der Waals surface area contributed by atoms with E-state index in [0.717, 1.165) is 0 Å². The molecule has 0 atom stereocenters. The fourth-order valence-corrected chi connectivity index (χ4v) is 7.39. The van der Waals surface area contributed by atoms with Crippen LogP contribution in [-0.4, -0.2) is 14.1 Å². The third-order valence-electron chi connectivity index (χ3n) is 8.72. The lowest BCUT2D eigenvalue weighted by atomic mass is 9.90. The highest BCUT2D eigenvalue weighted by Gasteiger charge is 2.39. The third kappa shape index (κ3) is 6.75. The Bertz CT molecular complexity index is 2410. The van der Waals surface area contributed by atoms with Crippen LogP contribution < -0.4 is 4.67 Å². The van der Waals surface area contributed by atoms with Crippen LogP contribution >= 0.6 is 8.16 Å². The fraction of sp³-hybridized carbons (Fsp3) is 0.158. The van der Waals surface area contributed by atoms with E-state index in [-0.39, 0.29) is 45.2 Å². The van der Waals surface area contributed by atoms with Gasteiger partial charge >= 0.3 is 32.9 Å². The van der Waals surface area contributed by atoms with Crippen molar-refractivity contribution in [2.24, 2.45) is 0 Å². The van der Waals surface area contributed by atoms with Crippen LogP contribution in [-0.2, 0) is 24.7 Å². The summed E-state index contributed by atoms with van der Waals surface area (Å²) >= 11 is 0. The van der Waals surface area contributed by atoms with E-state index in [1.165, 1.54) is 30.9 Å². The zero-order valence-corrected chi connectivity index (χ0v) is 28.4. The molecule has 7 rings (SSSR count). The van der Waals surface area contributed by atoms with Crippen LogP contribution in [0.2, 0.25) is 0 Å². The minimum atomic E-state index is -5.19. The van der Waals surface area contributed by atoms with Crippen molar-refractivity contribution in [1.82, 2.24) is 0 Å². The van der Waals surface area contributed by atoms with Crippen LogP contribution in [0.5, 0.6) is 0 Å². The molecule has 1 heterocycles. The van der Waals surface area contributed by atoms with Crippen molar-refractivity contribution in [3.05, 3.63) is 119 Å². The van der Waals surface area contributed by atoms with Crippen molar-refractivity contribution >= 4 is 51.6 Å². The van der Waals surface area contributed by atoms with Crippen LogP contribution in [0.4, 0.5) is 52.7 Å². The number of hydrogen-bond acceptors (Lipinski definition) is 3. The Hall–Kier alpha value is -5.14. The van der Waals surface area contributed by atoms with Crippen LogP contribution in [0.1, 0.15) is 22.3 Å². The molecule has 0 aliphatic rings. The van der Waals surface area contributed by atoms with Crippen molar-refractivity contribution in [2.45, 2.75) is 24.7 Å². The molecule has 0 fully saturated rings. The van der Waals surface area contributed by atoms with Gasteiger partial charge in [-0.3, -0.25) is 0 Å². The third-order valence-corrected chi connectivity index (χ3v) is 10.0. The monoisotopic (exact) mass is 783 g/mol. The van der Waals surface area contributed by atoms with Gasteiger partial charge in [-0.1, -0.05) is 48.5 Å². The molecule has 0 aliphatic heterocycles. The Labute approximate surface area is 297 Å². The van der Waals surface area contributed by atoms with Gasteiger partial charge in [0.1, 0.15) is 0 Å². The zero-order valence-electron chi connectivity index (χ0n) is 27.5. The fourth-order valence-electron chi connectivity index (χ4n) is 6.33. The summed E-state index contributed by atoms with van der Waals surface area (Å²) < 4.78 is 183. The predicted molar refractivity (Wildman–Crippen MR) is 182 cm³/mol. The highest BCUT2D eigenvalue weighted by molar-refractivity contribution is 7.38. The molecule has 0 N–H and O–H groups in total. The lowest BCUT2D eigenvalue weighted by Crippen LogP contribution is -2.11. The molecule has 7 aromatic rings. The molecular formula is C38H22F12NO2P. The summed E-state index contributed by atoms with van der Waals surface area (Å²) in [5, 5.41) is 1.49. The average Bonchev–Trinajstić information content (AvgIpc) is 3.27. The maximum Gasteiger partial charge on any atom is 0.416 e. The number of fused-ring (bicyclic) bond motifs is 7. The number of nitrogens with zero attached hydrogens (tertiary/aromatic N) is 1. The maximum atomic E-state index is 14.1. The summed E-state index contributed by atoms with van der Waals surface area (Å²) in [4.78, 5) is 0. The van der Waals surface area contributed by atoms with E-state index in [0.29, 0.717) is 45.8 Å². The van der Waals surface area contributed by atoms with E-state index >= 15 is 0 Å². The van der Waals surface area contributed by atoms with E-state index in [4.69, 9.17) is 8.39 Å². The van der Waals surface area contributed by atoms with Crippen molar-refractivity contribution in [3.63, 3.8) is 0 Å². The minimum Gasteiger partial charge on any atom is -0.407 e. The van der Waals surface area contributed by atoms with Gasteiger partial charge in [0, 0.05) is 36.0 Å². The van der Waals surface area contributed by atoms with Gasteiger partial charge < -0.3 is 8.39 Å². The standard InChI is InChI=1S/C38H22F12NO2P/c1-51(2)54-52-33-29(21-11-23(35(39,40)41)17-24(12-21)36(42,43)44)15-19-7-3-5-9-27(19)31(33)32-28-10-6-4-8-20(28)16-30(34(32)53-54)22-13-25(37(45,46)47)18-26(14-22)38(48,49)50/h3-18H,1-2H3. The molecule has 280 valence electrons. The smallest absolute Gasteiger partial charge is 0.407 e. The Kier molecular flexibility index (Phi) is 8.77. The summed E-state index contributed by atoms with van der Waals surface area (Å²) in [6, 6.07) is 17.5. The molecule has 0 amide bonds. The topological polar surface area (TPSA) is 29.5 Å². The first-order valence-electron chi connectivity index (χ1n) is 15.7. The second-order valence-corrected chi connectivity index (χ2v) is 14.2. The molecule has 16 heteroatoms. The molecule has 0 spiro atoms. The van der Waals surface area contributed by atoms with Crippen LogP contribution in [0.25, 0.3) is 65.7 Å². The molecule has 0 saturated carbocycles. The van der Waals surface area contributed by atoms with Crippen molar-refractivity contribution in [1.29, 1.82) is 0 Å². The number of alkyl halides is 12. The van der Waals surface area contributed by atoms with E-state index < -0.39 is 66.2 Å². The molecule has 0 unspecified atom stereocenters. The van der Waals surface area contributed by atoms with E-state index in [2.05, 4.69) is 0 Å². The molecule has 1 aromatic heterocycles. The van der Waals surface area contributed by atoms with Gasteiger partial charge in [-0.25, -0.2) is 4.67 Å². The minimum absolute atomic E-state index is 0.0146. The average molecular weight is 784 g/mol. The lowest BCUT2D eigenvalue weighted by Gasteiger charge is -2.16. The Morgan fingerprint density at radius 2 is 0.759 bits per heavy atom. The van der Waals surface area contributed by atoms with Crippen molar-refractivity contribution in [2.75, 3.05) is 18.8 Å². The lowest BCUT2D eigenvalue weighted by molar-refractivity contribution is -0.144. The van der Waals surface area contributed by atoms with Crippen molar-refractivity contribution < 1.29 is 61.1 Å². The summed E-state index contributed by atoms with van der Waals surface area (Å²) in [6.07, 6.45) is -20.8. The van der Waals surface area contributed by atoms with E-state index in [9.17, 15) is 52.7 Å². The molecule has 54 heavy (non-hydrogen) atoms. The first-order valence-corrected chi connectivity index (χ1v) is 16.8. The van der Waals surface area contributed by atoms with E-state index in [1.807, 2.05) is 0 Å². The van der Waals surface area contributed by atoms with Crippen LogP contribution in [0.15, 0.2) is 105 Å². The quantitative estimate of drug-likeness (QED) is 0.167. The highest BCUT2D eigenvalue weighted by Crippen LogP contribution is 2.49. The van der Waals surface area contributed by atoms with Gasteiger partial charge in [0.2, 0.25) is 0 Å². The summed E-state index contributed by atoms with van der Waals surface area (Å²) in [5.41, 5.74) is -8.27. The summed E-state index contributed by atoms with van der Waals surface area (Å²) in [7, 11) is 0.505. The number of halogens is 12. The largest absolute Gasteiger partial charge is 0.416 e. The van der Waals surface area contributed by atoms with Crippen molar-refractivity contribution in [3.8, 4) is 22.3 Å². The molecule has 0 saturated heterocycles. The van der Waals surface area contributed by atoms with Crippen LogP contribution in [0.3, 0.4) is 0 Å². The SMILES string of the molecule is CN(C)p1oc2c(-c3cc(C(F)(F)F)cc(C(F)(F)F)c3)cc3ccccc3c2c2c(o1)c(-c1cc(C(F)(F)F)cc(C(F)(F)F)c1)cc1ccccc12. The number of hydrogen-bond donors (Lipinski definition) is 0. The van der Waals surface area contributed by atoms with Gasteiger partial charge in [0.05, 0.1) is 22.3 Å². The maximum absolute atomic E-state index is 14.1. The highest BCUT2D eigenvalue weighted by atomic mass is 31.1. The molecule has 6 aromatic carbocycles. The van der Waals surface area contributed by atoms with Gasteiger partial charge in [0.15, 0.2) is 11.2 Å². The zero-order chi connectivity index (χ0) is 39.1. The molecule has 0 bridgehead atoms. The molecule has 3 nitrogen and oxygen atoms in total. The first-order chi connectivity index (χ1) is 25.1. The molecule has 0 radical (unpaired) electrons. The second-order valence-electron chi connectivity index (χ2n) is 12.6. The first kappa shape index (κ1) is 37.2. The Morgan fingerprint density at radius 3 is 1.06 bits per heavy atom.